The Hall–Kier alpha value is -1.49. The maximum Gasteiger partial charge on any atom is 0.241 e. The van der Waals surface area contributed by atoms with Gasteiger partial charge in [-0.25, -0.2) is 8.78 Å². The Bertz CT molecular complexity index is 409. The average Bonchev–Trinajstić information content (AvgIpc) is 2.31. The molecular weight excluding hydrogens is 226 g/mol. The van der Waals surface area contributed by atoms with Crippen LogP contribution in [0.5, 0.6) is 0 Å². The number of rotatable bonds is 4. The molecule has 1 amide bonds. The number of amides is 1. The van der Waals surface area contributed by atoms with Crippen molar-refractivity contribution in [2.45, 2.75) is 26.3 Å². The van der Waals surface area contributed by atoms with Gasteiger partial charge in [0.15, 0.2) is 11.6 Å². The summed E-state index contributed by atoms with van der Waals surface area (Å²) in [5.41, 5.74) is 5.91. The van der Waals surface area contributed by atoms with Crippen LogP contribution in [-0.4, -0.2) is 11.9 Å². The quantitative estimate of drug-likeness (QED) is 0.851. The van der Waals surface area contributed by atoms with Gasteiger partial charge in [-0.05, 0) is 18.1 Å². The summed E-state index contributed by atoms with van der Waals surface area (Å²) in [6, 6.07) is 2.52. The van der Waals surface area contributed by atoms with Crippen molar-refractivity contribution in [3.63, 3.8) is 0 Å². The van der Waals surface area contributed by atoms with Crippen LogP contribution in [0, 0.1) is 17.6 Å². The highest BCUT2D eigenvalue weighted by molar-refractivity contribution is 5.94. The predicted molar refractivity (Wildman–Crippen MR) is 62.4 cm³/mol. The van der Waals surface area contributed by atoms with Gasteiger partial charge in [0.2, 0.25) is 5.91 Å². The Kier molecular flexibility index (Phi) is 4.57. The molecule has 3 N–H and O–H groups in total. The summed E-state index contributed by atoms with van der Waals surface area (Å²) in [6.45, 7) is 3.78. The van der Waals surface area contributed by atoms with E-state index in [4.69, 9.17) is 5.73 Å². The maximum atomic E-state index is 12.9. The summed E-state index contributed by atoms with van der Waals surface area (Å²) in [5.74, 6) is -2.32. The molecule has 5 heteroatoms. The highest BCUT2D eigenvalue weighted by Crippen LogP contribution is 2.14. The van der Waals surface area contributed by atoms with Crippen LogP contribution in [0.4, 0.5) is 14.5 Å². The number of hydrogen-bond acceptors (Lipinski definition) is 2. The van der Waals surface area contributed by atoms with Crippen molar-refractivity contribution >= 4 is 11.6 Å². The summed E-state index contributed by atoms with van der Waals surface area (Å²) in [4.78, 5) is 11.7. The molecule has 0 saturated carbocycles. The van der Waals surface area contributed by atoms with E-state index < -0.39 is 23.6 Å². The number of benzene rings is 1. The van der Waals surface area contributed by atoms with E-state index in [1.165, 1.54) is 6.07 Å². The lowest BCUT2D eigenvalue weighted by molar-refractivity contribution is -0.118. The second-order valence-electron chi connectivity index (χ2n) is 4.03. The average molecular weight is 242 g/mol. The van der Waals surface area contributed by atoms with Crippen LogP contribution in [0.15, 0.2) is 18.2 Å². The topological polar surface area (TPSA) is 55.1 Å². The molecule has 3 nitrogen and oxygen atoms in total. The number of hydrogen-bond donors (Lipinski definition) is 2. The van der Waals surface area contributed by atoms with Gasteiger partial charge in [0.25, 0.3) is 0 Å². The van der Waals surface area contributed by atoms with Crippen LogP contribution in [0.25, 0.3) is 0 Å². The Labute approximate surface area is 99.0 Å². The third-order valence-electron chi connectivity index (χ3n) is 2.75. The van der Waals surface area contributed by atoms with E-state index in [1.54, 1.807) is 0 Å². The van der Waals surface area contributed by atoms with Crippen LogP contribution in [0.2, 0.25) is 0 Å². The van der Waals surface area contributed by atoms with E-state index in [9.17, 15) is 13.6 Å². The SMILES string of the molecule is CCC(C)[C@H](N)C(=O)Nc1ccc(F)c(F)c1. The molecule has 0 heterocycles. The zero-order valence-corrected chi connectivity index (χ0v) is 9.84. The second kappa shape index (κ2) is 5.72. The summed E-state index contributed by atoms with van der Waals surface area (Å²) >= 11 is 0. The molecule has 17 heavy (non-hydrogen) atoms. The Morgan fingerprint density at radius 3 is 2.59 bits per heavy atom. The van der Waals surface area contributed by atoms with Gasteiger partial charge in [-0.3, -0.25) is 4.79 Å². The van der Waals surface area contributed by atoms with E-state index >= 15 is 0 Å². The summed E-state index contributed by atoms with van der Waals surface area (Å²) in [6.07, 6.45) is 0.770. The molecule has 0 saturated heterocycles. The monoisotopic (exact) mass is 242 g/mol. The van der Waals surface area contributed by atoms with Crippen molar-refractivity contribution in [3.8, 4) is 0 Å². The highest BCUT2D eigenvalue weighted by Gasteiger charge is 2.19. The van der Waals surface area contributed by atoms with Crippen molar-refractivity contribution in [1.29, 1.82) is 0 Å². The molecular formula is C12H16F2N2O. The Morgan fingerprint density at radius 1 is 1.41 bits per heavy atom. The summed E-state index contributed by atoms with van der Waals surface area (Å²) in [7, 11) is 0. The van der Waals surface area contributed by atoms with E-state index in [1.807, 2.05) is 13.8 Å². The standard InChI is InChI=1S/C12H16F2N2O/c1-3-7(2)11(15)12(17)16-8-4-5-9(13)10(14)6-8/h4-7,11H,3,15H2,1-2H3,(H,16,17)/t7?,11-/m0/s1. The molecule has 94 valence electrons. The van der Waals surface area contributed by atoms with Gasteiger partial charge >= 0.3 is 0 Å². The molecule has 0 fully saturated rings. The molecule has 0 bridgehead atoms. The van der Waals surface area contributed by atoms with E-state index in [-0.39, 0.29) is 11.6 Å². The first-order chi connectivity index (χ1) is 7.95. The number of nitrogens with one attached hydrogen (secondary N) is 1. The van der Waals surface area contributed by atoms with Gasteiger partial charge in [0.1, 0.15) is 0 Å². The first kappa shape index (κ1) is 13.6. The van der Waals surface area contributed by atoms with Gasteiger partial charge in [0, 0.05) is 11.8 Å². The second-order valence-corrected chi connectivity index (χ2v) is 4.03. The van der Waals surface area contributed by atoms with Crippen LogP contribution < -0.4 is 11.1 Å². The third kappa shape index (κ3) is 3.49. The largest absolute Gasteiger partial charge is 0.325 e. The van der Waals surface area contributed by atoms with Crippen molar-refractivity contribution in [2.75, 3.05) is 5.32 Å². The van der Waals surface area contributed by atoms with E-state index in [2.05, 4.69) is 5.32 Å². The van der Waals surface area contributed by atoms with Crippen molar-refractivity contribution < 1.29 is 13.6 Å². The summed E-state index contributed by atoms with van der Waals surface area (Å²) in [5, 5.41) is 2.45. The van der Waals surface area contributed by atoms with Crippen molar-refractivity contribution in [3.05, 3.63) is 29.8 Å². The minimum Gasteiger partial charge on any atom is -0.325 e. The normalized spacial score (nSPS) is 14.2. The molecule has 1 rings (SSSR count). The molecule has 1 aromatic rings. The van der Waals surface area contributed by atoms with Crippen molar-refractivity contribution in [2.24, 2.45) is 11.7 Å². The molecule has 1 aromatic carbocycles. The zero-order valence-electron chi connectivity index (χ0n) is 9.84. The van der Waals surface area contributed by atoms with Crippen LogP contribution in [0.3, 0.4) is 0 Å². The van der Waals surface area contributed by atoms with Crippen molar-refractivity contribution in [1.82, 2.24) is 0 Å². The molecule has 1 unspecified atom stereocenters. The highest BCUT2D eigenvalue weighted by atomic mass is 19.2. The van der Waals surface area contributed by atoms with E-state index in [0.717, 1.165) is 18.6 Å². The minimum atomic E-state index is -1.00. The Morgan fingerprint density at radius 2 is 2.06 bits per heavy atom. The molecule has 0 aliphatic carbocycles. The van der Waals surface area contributed by atoms with Gasteiger partial charge in [-0.15, -0.1) is 0 Å². The fraction of sp³-hybridized carbons (Fsp3) is 0.417. The number of anilines is 1. The van der Waals surface area contributed by atoms with Gasteiger partial charge in [0.05, 0.1) is 6.04 Å². The smallest absolute Gasteiger partial charge is 0.241 e. The van der Waals surface area contributed by atoms with Crippen LogP contribution >= 0.6 is 0 Å². The van der Waals surface area contributed by atoms with E-state index in [0.29, 0.717) is 0 Å². The summed E-state index contributed by atoms with van der Waals surface area (Å²) < 4.78 is 25.6. The van der Waals surface area contributed by atoms with Gasteiger partial charge in [-0.2, -0.15) is 0 Å². The minimum absolute atomic E-state index is 0.0281. The third-order valence-corrected chi connectivity index (χ3v) is 2.75. The molecule has 2 atom stereocenters. The molecule has 0 aliphatic heterocycles. The number of nitrogens with two attached hydrogens (primary N) is 1. The fourth-order valence-corrected chi connectivity index (χ4v) is 1.31. The number of carbonyl (C=O) groups excluding carboxylic acids is 1. The molecule has 0 spiro atoms. The predicted octanol–water partition coefficient (Wildman–Crippen LogP) is 2.28. The molecule has 0 aromatic heterocycles. The van der Waals surface area contributed by atoms with Gasteiger partial charge < -0.3 is 11.1 Å². The lowest BCUT2D eigenvalue weighted by atomic mass is 9.99. The number of halogens is 2. The number of carbonyl (C=O) groups is 1. The Balaban J connectivity index is 2.71. The van der Waals surface area contributed by atoms with Crippen LogP contribution in [-0.2, 0) is 4.79 Å². The maximum absolute atomic E-state index is 12.9. The first-order valence-electron chi connectivity index (χ1n) is 5.47. The fourth-order valence-electron chi connectivity index (χ4n) is 1.31. The van der Waals surface area contributed by atoms with Gasteiger partial charge in [-0.1, -0.05) is 20.3 Å². The van der Waals surface area contributed by atoms with Crippen LogP contribution in [0.1, 0.15) is 20.3 Å². The lowest BCUT2D eigenvalue weighted by Crippen LogP contribution is -2.40. The lowest BCUT2D eigenvalue weighted by Gasteiger charge is -2.17. The first-order valence-corrected chi connectivity index (χ1v) is 5.47. The zero-order chi connectivity index (χ0) is 13.0. The molecule has 0 aliphatic rings. The molecule has 0 radical (unpaired) electrons.